The molecule has 1 aliphatic rings. The molecular weight excluding hydrogens is 252 g/mol. The van der Waals surface area contributed by atoms with Gasteiger partial charge in [0.1, 0.15) is 11.6 Å². The van der Waals surface area contributed by atoms with Crippen LogP contribution >= 0.6 is 0 Å². The molecule has 20 heavy (non-hydrogen) atoms. The van der Waals surface area contributed by atoms with Gasteiger partial charge in [-0.2, -0.15) is 0 Å². The van der Waals surface area contributed by atoms with Crippen LogP contribution in [0.2, 0.25) is 0 Å². The number of likely N-dealkylation sites (tertiary alicyclic amines) is 1. The van der Waals surface area contributed by atoms with E-state index in [2.05, 4.69) is 27.1 Å². The van der Waals surface area contributed by atoms with Crippen LogP contribution < -0.4 is 5.32 Å². The Morgan fingerprint density at radius 2 is 2.15 bits per heavy atom. The Labute approximate surface area is 121 Å². The molecule has 0 saturated carbocycles. The molecule has 0 spiro atoms. The summed E-state index contributed by atoms with van der Waals surface area (Å²) >= 11 is 0. The lowest BCUT2D eigenvalue weighted by atomic mass is 9.98. The molecule has 2 heterocycles. The van der Waals surface area contributed by atoms with E-state index in [-0.39, 0.29) is 0 Å². The lowest BCUT2D eigenvalue weighted by Gasteiger charge is -2.22. The molecule has 5 heteroatoms. The van der Waals surface area contributed by atoms with Crippen molar-refractivity contribution in [2.75, 3.05) is 25.0 Å². The maximum atomic E-state index is 10.1. The van der Waals surface area contributed by atoms with Crippen molar-refractivity contribution in [1.29, 1.82) is 0 Å². The van der Waals surface area contributed by atoms with Crippen LogP contribution in [0.4, 0.5) is 5.82 Å². The van der Waals surface area contributed by atoms with Crippen molar-refractivity contribution < 1.29 is 5.11 Å². The van der Waals surface area contributed by atoms with Gasteiger partial charge in [0.15, 0.2) is 0 Å². The largest absolute Gasteiger partial charge is 0.390 e. The van der Waals surface area contributed by atoms with Gasteiger partial charge in [-0.1, -0.05) is 0 Å². The number of hydrogen-bond acceptors (Lipinski definition) is 5. The standard InChI is InChI=1S/C15H26N4O/c1-4-16-13-10-12(2)17-14(18-13)11-19-8-5-6-15(3,20)7-9-19/h10,20H,4-9,11H2,1-3H3,(H,16,17,18). The summed E-state index contributed by atoms with van der Waals surface area (Å²) in [5, 5.41) is 13.4. The van der Waals surface area contributed by atoms with E-state index in [0.717, 1.165) is 62.8 Å². The smallest absolute Gasteiger partial charge is 0.144 e. The number of nitrogens with one attached hydrogen (secondary N) is 1. The summed E-state index contributed by atoms with van der Waals surface area (Å²) in [6, 6.07) is 1.97. The fraction of sp³-hybridized carbons (Fsp3) is 0.733. The zero-order valence-corrected chi connectivity index (χ0v) is 12.8. The van der Waals surface area contributed by atoms with Gasteiger partial charge in [-0.3, -0.25) is 4.90 Å². The van der Waals surface area contributed by atoms with Crippen LogP contribution in [0.15, 0.2) is 6.07 Å². The van der Waals surface area contributed by atoms with Gasteiger partial charge in [-0.05, 0) is 46.6 Å². The fourth-order valence-electron chi connectivity index (χ4n) is 2.65. The average Bonchev–Trinajstić information content (AvgIpc) is 2.51. The highest BCUT2D eigenvalue weighted by molar-refractivity contribution is 5.35. The van der Waals surface area contributed by atoms with Crippen molar-refractivity contribution in [2.45, 2.75) is 52.2 Å². The minimum absolute atomic E-state index is 0.517. The van der Waals surface area contributed by atoms with Gasteiger partial charge in [0.2, 0.25) is 0 Å². The Bertz CT molecular complexity index is 447. The maximum absolute atomic E-state index is 10.1. The molecule has 0 radical (unpaired) electrons. The molecule has 2 rings (SSSR count). The zero-order chi connectivity index (χ0) is 14.6. The second-order valence-corrected chi connectivity index (χ2v) is 5.97. The van der Waals surface area contributed by atoms with Gasteiger partial charge >= 0.3 is 0 Å². The molecule has 5 nitrogen and oxygen atoms in total. The van der Waals surface area contributed by atoms with Crippen LogP contribution in [0.25, 0.3) is 0 Å². The molecule has 112 valence electrons. The number of nitrogens with zero attached hydrogens (tertiary/aromatic N) is 3. The van der Waals surface area contributed by atoms with Gasteiger partial charge in [-0.25, -0.2) is 9.97 Å². The van der Waals surface area contributed by atoms with Crippen LogP contribution in [-0.4, -0.2) is 45.2 Å². The van der Waals surface area contributed by atoms with E-state index in [9.17, 15) is 5.11 Å². The Kier molecular flexibility index (Phi) is 4.94. The van der Waals surface area contributed by atoms with E-state index in [1.165, 1.54) is 0 Å². The van der Waals surface area contributed by atoms with Crippen molar-refractivity contribution in [3.05, 3.63) is 17.6 Å². The Hall–Kier alpha value is -1.20. The molecule has 1 unspecified atom stereocenters. The fourth-order valence-corrected chi connectivity index (χ4v) is 2.65. The van der Waals surface area contributed by atoms with Crippen molar-refractivity contribution in [2.24, 2.45) is 0 Å². The summed E-state index contributed by atoms with van der Waals surface area (Å²) in [4.78, 5) is 11.4. The quantitative estimate of drug-likeness (QED) is 0.881. The van der Waals surface area contributed by atoms with Gasteiger partial charge in [0, 0.05) is 24.8 Å². The van der Waals surface area contributed by atoms with Crippen LogP contribution in [0.3, 0.4) is 0 Å². The monoisotopic (exact) mass is 278 g/mol. The summed E-state index contributed by atoms with van der Waals surface area (Å²) in [5.41, 5.74) is 0.477. The van der Waals surface area contributed by atoms with Gasteiger partial charge < -0.3 is 10.4 Å². The summed E-state index contributed by atoms with van der Waals surface area (Å²) in [6.07, 6.45) is 2.72. The first-order valence-corrected chi connectivity index (χ1v) is 7.52. The van der Waals surface area contributed by atoms with Crippen LogP contribution in [0.1, 0.15) is 44.6 Å². The van der Waals surface area contributed by atoms with E-state index >= 15 is 0 Å². The normalized spacial score (nSPS) is 24.4. The Balaban J connectivity index is 2.02. The molecule has 2 N–H and O–H groups in total. The molecule has 0 aromatic carbocycles. The van der Waals surface area contributed by atoms with Gasteiger partial charge in [0.25, 0.3) is 0 Å². The third-order valence-corrected chi connectivity index (χ3v) is 3.78. The highest BCUT2D eigenvalue weighted by atomic mass is 16.3. The van der Waals surface area contributed by atoms with Crippen LogP contribution in [0.5, 0.6) is 0 Å². The van der Waals surface area contributed by atoms with Crippen molar-refractivity contribution in [1.82, 2.24) is 14.9 Å². The third kappa shape index (κ3) is 4.42. The lowest BCUT2D eigenvalue weighted by molar-refractivity contribution is 0.0443. The van der Waals surface area contributed by atoms with E-state index in [4.69, 9.17) is 0 Å². The average molecular weight is 278 g/mol. The molecule has 1 aliphatic heterocycles. The minimum Gasteiger partial charge on any atom is -0.390 e. The summed E-state index contributed by atoms with van der Waals surface area (Å²) in [5.74, 6) is 1.76. The molecule has 1 saturated heterocycles. The number of anilines is 1. The number of aliphatic hydroxyl groups is 1. The molecule has 1 fully saturated rings. The summed E-state index contributed by atoms with van der Waals surface area (Å²) in [6.45, 7) is 9.53. The number of rotatable bonds is 4. The molecule has 0 bridgehead atoms. The Morgan fingerprint density at radius 3 is 2.90 bits per heavy atom. The highest BCUT2D eigenvalue weighted by Crippen LogP contribution is 2.22. The van der Waals surface area contributed by atoms with Crippen LogP contribution in [-0.2, 0) is 6.54 Å². The van der Waals surface area contributed by atoms with Crippen molar-refractivity contribution in [3.63, 3.8) is 0 Å². The second-order valence-electron chi connectivity index (χ2n) is 5.97. The molecule has 0 aliphatic carbocycles. The predicted molar refractivity (Wildman–Crippen MR) is 80.7 cm³/mol. The van der Waals surface area contributed by atoms with Gasteiger partial charge in [-0.15, -0.1) is 0 Å². The molecule has 1 aromatic heterocycles. The number of aryl methyl sites for hydroxylation is 1. The SMILES string of the molecule is CCNc1cc(C)nc(CN2CCCC(C)(O)CC2)n1. The predicted octanol–water partition coefficient (Wildman–Crippen LogP) is 1.95. The second kappa shape index (κ2) is 6.50. The topological polar surface area (TPSA) is 61.3 Å². The van der Waals surface area contributed by atoms with Crippen molar-refractivity contribution in [3.8, 4) is 0 Å². The van der Waals surface area contributed by atoms with Crippen LogP contribution in [0, 0.1) is 6.92 Å². The maximum Gasteiger partial charge on any atom is 0.144 e. The van der Waals surface area contributed by atoms with E-state index < -0.39 is 5.60 Å². The highest BCUT2D eigenvalue weighted by Gasteiger charge is 2.25. The number of hydrogen-bond donors (Lipinski definition) is 2. The third-order valence-electron chi connectivity index (χ3n) is 3.78. The van der Waals surface area contributed by atoms with E-state index in [0.29, 0.717) is 0 Å². The van der Waals surface area contributed by atoms with Crippen molar-refractivity contribution >= 4 is 5.82 Å². The summed E-state index contributed by atoms with van der Waals surface area (Å²) < 4.78 is 0. The number of aromatic nitrogens is 2. The molecular formula is C15H26N4O. The first-order valence-electron chi connectivity index (χ1n) is 7.52. The first-order chi connectivity index (χ1) is 9.48. The Morgan fingerprint density at radius 1 is 1.35 bits per heavy atom. The summed E-state index contributed by atoms with van der Waals surface area (Å²) in [7, 11) is 0. The zero-order valence-electron chi connectivity index (χ0n) is 12.8. The van der Waals surface area contributed by atoms with Gasteiger partial charge in [0.05, 0.1) is 12.1 Å². The first kappa shape index (κ1) is 15.2. The lowest BCUT2D eigenvalue weighted by Crippen LogP contribution is -2.28. The van der Waals surface area contributed by atoms with E-state index in [1.807, 2.05) is 19.9 Å². The molecule has 1 atom stereocenters. The van der Waals surface area contributed by atoms with E-state index in [1.54, 1.807) is 0 Å². The molecule has 0 amide bonds. The minimum atomic E-state index is -0.517. The molecule has 1 aromatic rings.